The summed E-state index contributed by atoms with van der Waals surface area (Å²) in [5, 5.41) is 13.2. The van der Waals surface area contributed by atoms with Crippen LogP contribution in [0, 0.1) is 6.92 Å². The lowest BCUT2D eigenvalue weighted by molar-refractivity contribution is 0.173. The van der Waals surface area contributed by atoms with E-state index in [1.165, 1.54) is 11.8 Å². The van der Waals surface area contributed by atoms with E-state index in [4.69, 9.17) is 9.26 Å². The highest BCUT2D eigenvalue weighted by molar-refractivity contribution is 7.98. The van der Waals surface area contributed by atoms with Crippen LogP contribution in [-0.4, -0.2) is 32.0 Å². The Labute approximate surface area is 144 Å². The SMILES string of the molecule is CCn1c(COC)nnc1SCc1noc(-c2cccc(C)c2)n1. The second-order valence-corrected chi connectivity index (χ2v) is 6.19. The first-order valence-corrected chi connectivity index (χ1v) is 8.63. The number of hydrogen-bond acceptors (Lipinski definition) is 7. The molecular weight excluding hydrogens is 326 g/mol. The maximum atomic E-state index is 5.36. The number of methoxy groups -OCH3 is 1. The van der Waals surface area contributed by atoms with Gasteiger partial charge in [0.15, 0.2) is 16.8 Å². The van der Waals surface area contributed by atoms with E-state index >= 15 is 0 Å². The van der Waals surface area contributed by atoms with Crippen LogP contribution in [0.15, 0.2) is 33.9 Å². The number of thioether (sulfide) groups is 1. The molecule has 0 fully saturated rings. The van der Waals surface area contributed by atoms with Crippen LogP contribution in [0.3, 0.4) is 0 Å². The number of aryl methyl sites for hydroxylation is 1. The Kier molecular flexibility index (Phi) is 5.27. The molecule has 1 aromatic carbocycles. The van der Waals surface area contributed by atoms with E-state index < -0.39 is 0 Å². The van der Waals surface area contributed by atoms with E-state index in [9.17, 15) is 0 Å². The number of rotatable bonds is 7. The second-order valence-electron chi connectivity index (χ2n) is 5.25. The lowest BCUT2D eigenvalue weighted by Crippen LogP contribution is -2.04. The van der Waals surface area contributed by atoms with Crippen molar-refractivity contribution in [3.8, 4) is 11.5 Å². The molecule has 7 nitrogen and oxygen atoms in total. The van der Waals surface area contributed by atoms with Gasteiger partial charge >= 0.3 is 0 Å². The average Bonchev–Trinajstić information content (AvgIpc) is 3.20. The van der Waals surface area contributed by atoms with Crippen LogP contribution in [0.4, 0.5) is 0 Å². The molecule has 0 radical (unpaired) electrons. The quantitative estimate of drug-likeness (QED) is 0.609. The van der Waals surface area contributed by atoms with Crippen molar-refractivity contribution < 1.29 is 9.26 Å². The predicted octanol–water partition coefficient (Wildman–Crippen LogP) is 3.10. The van der Waals surface area contributed by atoms with E-state index in [1.807, 2.05) is 35.8 Å². The highest BCUT2D eigenvalue weighted by Gasteiger charge is 2.14. The van der Waals surface area contributed by atoms with Gasteiger partial charge in [-0.2, -0.15) is 4.98 Å². The summed E-state index contributed by atoms with van der Waals surface area (Å²) in [5.74, 6) is 2.55. The highest BCUT2D eigenvalue weighted by atomic mass is 32.2. The Morgan fingerprint density at radius 2 is 2.17 bits per heavy atom. The third-order valence-corrected chi connectivity index (χ3v) is 4.41. The summed E-state index contributed by atoms with van der Waals surface area (Å²) in [7, 11) is 1.65. The van der Waals surface area contributed by atoms with E-state index in [2.05, 4.69) is 27.3 Å². The fourth-order valence-electron chi connectivity index (χ4n) is 2.32. The van der Waals surface area contributed by atoms with E-state index in [1.54, 1.807) is 7.11 Å². The molecule has 24 heavy (non-hydrogen) atoms. The topological polar surface area (TPSA) is 78.9 Å². The number of nitrogens with zero attached hydrogens (tertiary/aromatic N) is 5. The third kappa shape index (κ3) is 3.65. The van der Waals surface area contributed by atoms with Gasteiger partial charge in [0.2, 0.25) is 0 Å². The summed E-state index contributed by atoms with van der Waals surface area (Å²) in [5.41, 5.74) is 2.08. The first-order valence-electron chi connectivity index (χ1n) is 7.64. The minimum Gasteiger partial charge on any atom is -0.377 e. The van der Waals surface area contributed by atoms with Crippen LogP contribution in [-0.2, 0) is 23.6 Å². The van der Waals surface area contributed by atoms with Gasteiger partial charge in [0.05, 0.1) is 5.75 Å². The van der Waals surface area contributed by atoms with Gasteiger partial charge in [0, 0.05) is 19.2 Å². The zero-order valence-corrected chi connectivity index (χ0v) is 14.7. The number of ether oxygens (including phenoxy) is 1. The Morgan fingerprint density at radius 3 is 2.92 bits per heavy atom. The van der Waals surface area contributed by atoms with E-state index in [0.717, 1.165) is 28.7 Å². The van der Waals surface area contributed by atoms with Gasteiger partial charge in [-0.05, 0) is 26.0 Å². The monoisotopic (exact) mass is 345 g/mol. The van der Waals surface area contributed by atoms with Gasteiger partial charge in [-0.15, -0.1) is 10.2 Å². The average molecular weight is 345 g/mol. The summed E-state index contributed by atoms with van der Waals surface area (Å²) in [4.78, 5) is 4.45. The molecule has 0 amide bonds. The Balaban J connectivity index is 1.70. The number of aromatic nitrogens is 5. The lowest BCUT2D eigenvalue weighted by atomic mass is 10.1. The zero-order valence-electron chi connectivity index (χ0n) is 13.9. The van der Waals surface area contributed by atoms with Crippen LogP contribution in [0.1, 0.15) is 24.1 Å². The van der Waals surface area contributed by atoms with Crippen molar-refractivity contribution in [3.63, 3.8) is 0 Å². The van der Waals surface area contributed by atoms with Crippen molar-refractivity contribution >= 4 is 11.8 Å². The maximum absolute atomic E-state index is 5.36. The summed E-state index contributed by atoms with van der Waals surface area (Å²) in [6, 6.07) is 7.99. The van der Waals surface area contributed by atoms with Crippen molar-refractivity contribution in [2.75, 3.05) is 7.11 Å². The smallest absolute Gasteiger partial charge is 0.257 e. The van der Waals surface area contributed by atoms with Crippen molar-refractivity contribution in [2.24, 2.45) is 0 Å². The summed E-state index contributed by atoms with van der Waals surface area (Å²) in [6.07, 6.45) is 0. The summed E-state index contributed by atoms with van der Waals surface area (Å²) < 4.78 is 12.5. The first kappa shape index (κ1) is 16.7. The molecule has 3 rings (SSSR count). The number of benzene rings is 1. The van der Waals surface area contributed by atoms with Crippen LogP contribution >= 0.6 is 11.8 Å². The predicted molar refractivity (Wildman–Crippen MR) is 90.4 cm³/mol. The molecular formula is C16H19N5O2S. The minimum atomic E-state index is 0.446. The molecule has 3 aromatic rings. The molecule has 8 heteroatoms. The molecule has 2 aromatic heterocycles. The van der Waals surface area contributed by atoms with Gasteiger partial charge in [0.25, 0.3) is 5.89 Å². The van der Waals surface area contributed by atoms with Crippen LogP contribution in [0.2, 0.25) is 0 Å². The molecule has 2 heterocycles. The maximum Gasteiger partial charge on any atom is 0.257 e. The molecule has 0 aliphatic carbocycles. The Hall–Kier alpha value is -2.19. The zero-order chi connectivity index (χ0) is 16.9. The van der Waals surface area contributed by atoms with E-state index in [0.29, 0.717) is 24.1 Å². The highest BCUT2D eigenvalue weighted by Crippen LogP contribution is 2.23. The summed E-state index contributed by atoms with van der Waals surface area (Å²) in [6.45, 7) is 5.32. The fourth-order valence-corrected chi connectivity index (χ4v) is 3.18. The number of hydrogen-bond donors (Lipinski definition) is 0. The molecule has 0 aliphatic heterocycles. The van der Waals surface area contributed by atoms with Crippen molar-refractivity contribution in [3.05, 3.63) is 41.5 Å². The summed E-state index contributed by atoms with van der Waals surface area (Å²) >= 11 is 1.53. The molecule has 0 atom stereocenters. The molecule has 0 N–H and O–H groups in total. The Bertz CT molecular complexity index is 814. The van der Waals surface area contributed by atoms with Gasteiger partial charge < -0.3 is 13.8 Å². The van der Waals surface area contributed by atoms with E-state index in [-0.39, 0.29) is 0 Å². The molecule has 0 unspecified atom stereocenters. The lowest BCUT2D eigenvalue weighted by Gasteiger charge is -2.05. The Morgan fingerprint density at radius 1 is 1.29 bits per heavy atom. The van der Waals surface area contributed by atoms with Gasteiger partial charge in [-0.3, -0.25) is 0 Å². The minimum absolute atomic E-state index is 0.446. The molecule has 0 bridgehead atoms. The molecule has 0 aliphatic rings. The first-order chi connectivity index (χ1) is 11.7. The fraction of sp³-hybridized carbons (Fsp3) is 0.375. The van der Waals surface area contributed by atoms with Crippen LogP contribution in [0.5, 0.6) is 0 Å². The normalized spacial score (nSPS) is 11.1. The molecule has 0 spiro atoms. The van der Waals surface area contributed by atoms with Crippen LogP contribution < -0.4 is 0 Å². The van der Waals surface area contributed by atoms with Gasteiger partial charge in [0.1, 0.15) is 6.61 Å². The third-order valence-electron chi connectivity index (χ3n) is 3.45. The van der Waals surface area contributed by atoms with Gasteiger partial charge in [-0.25, -0.2) is 0 Å². The van der Waals surface area contributed by atoms with Crippen molar-refractivity contribution in [1.29, 1.82) is 0 Å². The molecule has 0 saturated carbocycles. The molecule has 0 saturated heterocycles. The standard InChI is InChI=1S/C16H19N5O2S/c1-4-21-14(9-22-3)18-19-16(21)24-10-13-17-15(23-20-13)12-7-5-6-11(2)8-12/h5-8H,4,9-10H2,1-3H3. The van der Waals surface area contributed by atoms with Crippen LogP contribution in [0.25, 0.3) is 11.5 Å². The van der Waals surface area contributed by atoms with Crippen molar-refractivity contribution in [1.82, 2.24) is 24.9 Å². The second kappa shape index (κ2) is 7.59. The van der Waals surface area contributed by atoms with Gasteiger partial charge in [-0.1, -0.05) is 34.6 Å². The molecule has 126 valence electrons. The van der Waals surface area contributed by atoms with Crippen molar-refractivity contribution in [2.45, 2.75) is 37.9 Å². The largest absolute Gasteiger partial charge is 0.377 e.